The summed E-state index contributed by atoms with van der Waals surface area (Å²) in [4.78, 5) is 4.56. The Hall–Kier alpha value is -1.82. The van der Waals surface area contributed by atoms with Gasteiger partial charge in [-0.1, -0.05) is 49.2 Å². The zero-order valence-corrected chi connectivity index (χ0v) is 14.0. The van der Waals surface area contributed by atoms with Gasteiger partial charge in [0.05, 0.1) is 0 Å². The minimum atomic E-state index is -0.0518. The molecule has 2 aromatic rings. The van der Waals surface area contributed by atoms with Crippen LogP contribution in [0.2, 0.25) is 0 Å². The summed E-state index contributed by atoms with van der Waals surface area (Å²) in [5.41, 5.74) is 2.78. The second-order valence-corrected chi connectivity index (χ2v) is 6.85. The predicted octanol–water partition coefficient (Wildman–Crippen LogP) is 3.97. The molecular formula is C17H20N4OS. The van der Waals surface area contributed by atoms with Crippen molar-refractivity contribution in [2.24, 2.45) is 5.92 Å². The van der Waals surface area contributed by atoms with Crippen molar-refractivity contribution in [1.29, 1.82) is 0 Å². The largest absolute Gasteiger partial charge is 0.452 e. The molecule has 1 fully saturated rings. The van der Waals surface area contributed by atoms with E-state index >= 15 is 0 Å². The maximum absolute atomic E-state index is 6.28. The number of ether oxygens (including phenoxy) is 1. The highest BCUT2D eigenvalue weighted by molar-refractivity contribution is 7.98. The number of nitrogens with one attached hydrogen (secondary N) is 1. The van der Waals surface area contributed by atoms with Crippen LogP contribution in [0, 0.1) is 5.92 Å². The van der Waals surface area contributed by atoms with Gasteiger partial charge in [-0.25, -0.2) is 0 Å². The van der Waals surface area contributed by atoms with Crippen LogP contribution in [-0.2, 0) is 0 Å². The fourth-order valence-corrected chi connectivity index (χ4v) is 3.70. The predicted molar refractivity (Wildman–Crippen MR) is 91.7 cm³/mol. The lowest BCUT2D eigenvalue weighted by molar-refractivity contribution is 0.126. The summed E-state index contributed by atoms with van der Waals surface area (Å²) in [5, 5.41) is 12.8. The number of rotatable bonds is 2. The lowest BCUT2D eigenvalue weighted by Gasteiger charge is -2.30. The number of hydrogen-bond acceptors (Lipinski definition) is 6. The lowest BCUT2D eigenvalue weighted by atomic mass is 9.88. The Bertz CT molecular complexity index is 703. The molecule has 1 aromatic heterocycles. The molecule has 2 aliphatic rings. The van der Waals surface area contributed by atoms with Crippen molar-refractivity contribution in [3.63, 3.8) is 0 Å². The number of benzene rings is 1. The second kappa shape index (κ2) is 6.35. The third-order valence-corrected chi connectivity index (χ3v) is 5.15. The van der Waals surface area contributed by atoms with E-state index in [4.69, 9.17) is 4.74 Å². The van der Waals surface area contributed by atoms with Gasteiger partial charge in [-0.3, -0.25) is 0 Å². The molecule has 1 aliphatic heterocycles. The van der Waals surface area contributed by atoms with E-state index in [0.29, 0.717) is 17.0 Å². The zero-order chi connectivity index (χ0) is 15.6. The summed E-state index contributed by atoms with van der Waals surface area (Å²) in [6.07, 6.45) is 8.18. The normalized spacial score (nSPS) is 20.7. The van der Waals surface area contributed by atoms with Gasteiger partial charge in [0.2, 0.25) is 11.0 Å². The van der Waals surface area contributed by atoms with Crippen molar-refractivity contribution in [1.82, 2.24) is 15.2 Å². The number of anilines is 1. The zero-order valence-electron chi connectivity index (χ0n) is 13.2. The van der Waals surface area contributed by atoms with Crippen LogP contribution in [0.5, 0.6) is 5.88 Å². The standard InChI is InChI=1S/C17H20N4OS/c1-23-17-19-16-14(20-21-17)12-9-5-6-10-13(12)18-15(22-16)11-7-3-2-4-8-11/h5-6,9-11,15,18H,2-4,7-8H2,1H3/t15-/m1/s1. The molecule has 0 spiro atoms. The van der Waals surface area contributed by atoms with Crippen LogP contribution in [0.25, 0.3) is 11.3 Å². The first kappa shape index (κ1) is 14.8. The Morgan fingerprint density at radius 3 is 2.78 bits per heavy atom. The highest BCUT2D eigenvalue weighted by Gasteiger charge is 2.31. The van der Waals surface area contributed by atoms with Gasteiger partial charge in [0.1, 0.15) is 0 Å². The molecule has 1 N–H and O–H groups in total. The molecule has 120 valence electrons. The second-order valence-electron chi connectivity index (χ2n) is 6.08. The van der Waals surface area contributed by atoms with E-state index in [0.717, 1.165) is 16.9 Å². The molecule has 0 bridgehead atoms. The van der Waals surface area contributed by atoms with Crippen molar-refractivity contribution in [3.05, 3.63) is 24.3 Å². The SMILES string of the molecule is CSc1nnc2c(n1)O[C@H](C1CCCCC1)Nc1ccccc1-2. The first-order valence-corrected chi connectivity index (χ1v) is 9.39. The van der Waals surface area contributed by atoms with E-state index < -0.39 is 0 Å². The third kappa shape index (κ3) is 2.87. The van der Waals surface area contributed by atoms with Crippen LogP contribution in [0.1, 0.15) is 32.1 Å². The molecule has 4 rings (SSSR count). The quantitative estimate of drug-likeness (QED) is 0.842. The highest BCUT2D eigenvalue weighted by Crippen LogP contribution is 2.39. The van der Waals surface area contributed by atoms with E-state index in [1.165, 1.54) is 43.9 Å². The van der Waals surface area contributed by atoms with Crippen molar-refractivity contribution in [3.8, 4) is 17.1 Å². The topological polar surface area (TPSA) is 59.9 Å². The Labute approximate surface area is 140 Å². The molecule has 23 heavy (non-hydrogen) atoms. The summed E-state index contributed by atoms with van der Waals surface area (Å²) >= 11 is 1.48. The van der Waals surface area contributed by atoms with Gasteiger partial charge in [0.25, 0.3) is 0 Å². The number of thioether (sulfide) groups is 1. The molecule has 1 atom stereocenters. The Morgan fingerprint density at radius 2 is 1.96 bits per heavy atom. The van der Waals surface area contributed by atoms with Crippen LogP contribution in [0.4, 0.5) is 5.69 Å². The van der Waals surface area contributed by atoms with Crippen LogP contribution >= 0.6 is 11.8 Å². The van der Waals surface area contributed by atoms with Gasteiger partial charge in [-0.15, -0.1) is 10.2 Å². The number of para-hydroxylation sites is 1. The average molecular weight is 328 g/mol. The van der Waals surface area contributed by atoms with Gasteiger partial charge >= 0.3 is 0 Å². The maximum Gasteiger partial charge on any atom is 0.247 e. The summed E-state index contributed by atoms with van der Waals surface area (Å²) in [6, 6.07) is 8.16. The van der Waals surface area contributed by atoms with Gasteiger partial charge < -0.3 is 10.1 Å². The van der Waals surface area contributed by atoms with E-state index in [2.05, 4.69) is 26.6 Å². The van der Waals surface area contributed by atoms with E-state index in [1.54, 1.807) is 0 Å². The Balaban J connectivity index is 1.77. The molecule has 1 saturated carbocycles. The van der Waals surface area contributed by atoms with Crippen LogP contribution in [-0.4, -0.2) is 27.7 Å². The van der Waals surface area contributed by atoms with Gasteiger partial charge in [0, 0.05) is 17.2 Å². The number of fused-ring (bicyclic) bond motifs is 3. The summed E-state index contributed by atoms with van der Waals surface area (Å²) < 4.78 is 6.28. The third-order valence-electron chi connectivity index (χ3n) is 4.61. The molecular weight excluding hydrogens is 308 g/mol. The van der Waals surface area contributed by atoms with Crippen molar-refractivity contribution < 1.29 is 4.74 Å². The fraction of sp³-hybridized carbons (Fsp3) is 0.471. The van der Waals surface area contributed by atoms with Gasteiger partial charge in [-0.2, -0.15) is 4.98 Å². The first-order chi connectivity index (χ1) is 11.3. The minimum absolute atomic E-state index is 0.0518. The van der Waals surface area contributed by atoms with Crippen molar-refractivity contribution >= 4 is 17.4 Å². The van der Waals surface area contributed by atoms with Crippen LogP contribution in [0.3, 0.4) is 0 Å². The van der Waals surface area contributed by atoms with E-state index in [-0.39, 0.29) is 6.23 Å². The smallest absolute Gasteiger partial charge is 0.247 e. The number of hydrogen-bond donors (Lipinski definition) is 1. The monoisotopic (exact) mass is 328 g/mol. The highest BCUT2D eigenvalue weighted by atomic mass is 32.2. The van der Waals surface area contributed by atoms with Crippen molar-refractivity contribution in [2.45, 2.75) is 43.5 Å². The maximum atomic E-state index is 6.28. The fourth-order valence-electron chi connectivity index (χ4n) is 3.40. The molecule has 1 aliphatic carbocycles. The van der Waals surface area contributed by atoms with Gasteiger partial charge in [-0.05, 0) is 25.2 Å². The molecule has 6 heteroatoms. The Kier molecular flexibility index (Phi) is 4.08. The van der Waals surface area contributed by atoms with Crippen molar-refractivity contribution in [2.75, 3.05) is 11.6 Å². The lowest BCUT2D eigenvalue weighted by Crippen LogP contribution is -2.35. The summed E-state index contributed by atoms with van der Waals surface area (Å²) in [7, 11) is 0. The minimum Gasteiger partial charge on any atom is -0.452 e. The molecule has 0 radical (unpaired) electrons. The van der Waals surface area contributed by atoms with E-state index in [1.807, 2.05) is 24.5 Å². The van der Waals surface area contributed by atoms with Gasteiger partial charge in [0.15, 0.2) is 11.9 Å². The number of aromatic nitrogens is 3. The van der Waals surface area contributed by atoms with E-state index in [9.17, 15) is 0 Å². The van der Waals surface area contributed by atoms with Crippen LogP contribution in [0.15, 0.2) is 29.4 Å². The molecule has 5 nitrogen and oxygen atoms in total. The summed E-state index contributed by atoms with van der Waals surface area (Å²) in [6.45, 7) is 0. The first-order valence-electron chi connectivity index (χ1n) is 8.16. The van der Waals surface area contributed by atoms with Crippen LogP contribution < -0.4 is 10.1 Å². The molecule has 0 saturated heterocycles. The summed E-state index contributed by atoms with van der Waals surface area (Å²) in [5.74, 6) is 1.10. The average Bonchev–Trinajstić information content (AvgIpc) is 2.78. The number of nitrogens with zero attached hydrogens (tertiary/aromatic N) is 3. The molecule has 0 unspecified atom stereocenters. The Morgan fingerprint density at radius 1 is 1.13 bits per heavy atom. The molecule has 2 heterocycles. The molecule has 1 aromatic carbocycles. The molecule has 0 amide bonds.